The molecule has 0 saturated heterocycles. The summed E-state index contributed by atoms with van der Waals surface area (Å²) in [5.74, 6) is 0. The summed E-state index contributed by atoms with van der Waals surface area (Å²) in [5, 5.41) is 0. The first-order valence-electron chi connectivity index (χ1n) is 0. The molecule has 17 heavy (non-hydrogen) atoms. The third-order valence-electron chi connectivity index (χ3n) is 0. The van der Waals surface area contributed by atoms with Gasteiger partial charge in [0.15, 0.2) is 86.8 Å². The predicted molar refractivity (Wildman–Crippen MR) is 93.1 cm³/mol. The summed E-state index contributed by atoms with van der Waals surface area (Å²) in [7, 11) is 0. The average Bonchev–Trinajstić information content (AvgIpc) is 0. The third-order valence-corrected chi connectivity index (χ3v) is 0. The van der Waals surface area contributed by atoms with Crippen LogP contribution in [-0.2, 0) is 0 Å². The standard InChI is InChI=1S/5Al.12H2O.15H/h;;;;;12*1H2;;;;;;;;;;;;;;;. The van der Waals surface area contributed by atoms with E-state index in [0.717, 1.165) is 0 Å². The maximum absolute atomic E-state index is 0. The van der Waals surface area contributed by atoms with Crippen LogP contribution in [0.4, 0.5) is 0 Å². The van der Waals surface area contributed by atoms with Gasteiger partial charge in [-0.2, -0.15) is 0 Å². The van der Waals surface area contributed by atoms with Crippen LogP contribution in [0.5, 0.6) is 0 Å². The Labute approximate surface area is 152 Å². The summed E-state index contributed by atoms with van der Waals surface area (Å²) < 4.78 is 0. The lowest BCUT2D eigenvalue weighted by atomic mass is 16.0. The van der Waals surface area contributed by atoms with E-state index in [0.29, 0.717) is 0 Å². The van der Waals surface area contributed by atoms with Gasteiger partial charge in [-0.1, -0.05) is 0 Å². The molecule has 0 amide bonds. The molecular formula is H39Al5O12. The minimum absolute atomic E-state index is 0. The fraction of sp³-hybridized carbons (Fsp3) is 0. The molecule has 0 fully saturated rings. The topological polar surface area (TPSA) is 378 Å². The van der Waals surface area contributed by atoms with Crippen LogP contribution < -0.4 is 0 Å². The zero-order valence-corrected chi connectivity index (χ0v) is 6.00. The molecule has 0 saturated carbocycles. The molecule has 24 N–H and O–H groups in total. The fourth-order valence-corrected chi connectivity index (χ4v) is 0. The summed E-state index contributed by atoms with van der Waals surface area (Å²) in [5.41, 5.74) is 0. The van der Waals surface area contributed by atoms with E-state index in [1.54, 1.807) is 0 Å². The Balaban J connectivity index is 0. The molecule has 126 valence electrons. The minimum Gasteiger partial charge on any atom is -0.412 e. The second-order valence-electron chi connectivity index (χ2n) is 0. The molecule has 0 atom stereocenters. The molecule has 0 rings (SSSR count). The SMILES string of the molecule is O.O.O.O.O.O.O.O.O.O.O.O.[AlH3].[AlH3].[AlH3].[AlH3].[AlH3]. The molecule has 0 aromatic carbocycles. The largest absolute Gasteiger partial charge is 0.412 e. The van der Waals surface area contributed by atoms with E-state index in [1.165, 1.54) is 0 Å². The second kappa shape index (κ2) is 1130. The lowest BCUT2D eigenvalue weighted by molar-refractivity contribution is 0.823. The van der Waals surface area contributed by atoms with Crippen LogP contribution >= 0.6 is 0 Å². The first kappa shape index (κ1) is 1330. The highest BCUT2D eigenvalue weighted by molar-refractivity contribution is 5.76. The van der Waals surface area contributed by atoms with E-state index < -0.39 is 0 Å². The van der Waals surface area contributed by atoms with Crippen LogP contribution in [0.25, 0.3) is 0 Å². The third kappa shape index (κ3) is 1000. The van der Waals surface area contributed by atoms with Crippen molar-refractivity contribution in [1.82, 2.24) is 0 Å². The lowest BCUT2D eigenvalue weighted by Crippen LogP contribution is -0.382. The molecular weight excluding hydrogens is 327 g/mol. The highest BCUT2D eigenvalue weighted by atomic mass is 27.0. The molecule has 0 unspecified atom stereocenters. The van der Waals surface area contributed by atoms with Crippen LogP contribution in [0.1, 0.15) is 0 Å². The van der Waals surface area contributed by atoms with Gasteiger partial charge >= 0.3 is 0 Å². The van der Waals surface area contributed by atoms with Crippen LogP contribution in [0.3, 0.4) is 0 Å². The van der Waals surface area contributed by atoms with E-state index in [2.05, 4.69) is 0 Å². The van der Waals surface area contributed by atoms with Gasteiger partial charge in [-0.25, -0.2) is 0 Å². The summed E-state index contributed by atoms with van der Waals surface area (Å²) in [4.78, 5) is 0. The Hall–Kier alpha value is 2.18. The molecule has 0 aromatic heterocycles. The number of hydrogen-bond donors (Lipinski definition) is 0. The molecule has 17 heteroatoms. The fourth-order valence-electron chi connectivity index (χ4n) is 0. The van der Waals surface area contributed by atoms with Crippen molar-refractivity contribution in [3.8, 4) is 0 Å². The molecule has 12 nitrogen and oxygen atoms in total. The number of rotatable bonds is 0. The molecule has 0 heterocycles. The normalized spacial score (nSPS) is 0. The number of hydrogen-bond acceptors (Lipinski definition) is 0. The first-order chi connectivity index (χ1) is 0. The van der Waals surface area contributed by atoms with Gasteiger partial charge in [0, 0.05) is 0 Å². The minimum atomic E-state index is 0. The highest BCUT2D eigenvalue weighted by Gasteiger charge is 0.191. The van der Waals surface area contributed by atoms with E-state index in [9.17, 15) is 0 Å². The molecule has 0 radical (unpaired) electrons. The molecule has 0 aliphatic heterocycles. The van der Waals surface area contributed by atoms with Crippen molar-refractivity contribution >= 4 is 86.8 Å². The van der Waals surface area contributed by atoms with Gasteiger partial charge < -0.3 is 65.7 Å². The maximum atomic E-state index is 0. The van der Waals surface area contributed by atoms with Crippen molar-refractivity contribution < 1.29 is 65.7 Å². The molecule has 0 aromatic rings. The quantitative estimate of drug-likeness (QED) is 0.360. The van der Waals surface area contributed by atoms with Crippen LogP contribution in [-0.4, -0.2) is 153 Å². The molecule has 0 bridgehead atoms. The Morgan fingerprint density at radius 1 is 0.118 bits per heavy atom. The van der Waals surface area contributed by atoms with E-state index in [-0.39, 0.29) is 153 Å². The van der Waals surface area contributed by atoms with Crippen molar-refractivity contribution in [1.29, 1.82) is 0 Å². The zero-order valence-electron chi connectivity index (χ0n) is 6.00. The summed E-state index contributed by atoms with van der Waals surface area (Å²) in [6, 6.07) is 0. The van der Waals surface area contributed by atoms with Gasteiger partial charge in [-0.15, -0.1) is 0 Å². The Morgan fingerprint density at radius 3 is 0.118 bits per heavy atom. The summed E-state index contributed by atoms with van der Waals surface area (Å²) in [6.07, 6.45) is 0. The molecule has 0 spiro atoms. The van der Waals surface area contributed by atoms with Crippen LogP contribution in [0.2, 0.25) is 0 Å². The zero-order chi connectivity index (χ0) is 0. The van der Waals surface area contributed by atoms with E-state index in [4.69, 9.17) is 0 Å². The summed E-state index contributed by atoms with van der Waals surface area (Å²) >= 11 is 0. The van der Waals surface area contributed by atoms with Gasteiger partial charge in [0.2, 0.25) is 0 Å². The van der Waals surface area contributed by atoms with Gasteiger partial charge in [0.05, 0.1) is 0 Å². The van der Waals surface area contributed by atoms with E-state index >= 15 is 0 Å². The maximum Gasteiger partial charge on any atom is 0.187 e. The lowest BCUT2D eigenvalue weighted by Gasteiger charge is -0.413. The van der Waals surface area contributed by atoms with Crippen molar-refractivity contribution in [2.75, 3.05) is 0 Å². The van der Waals surface area contributed by atoms with E-state index in [1.807, 2.05) is 0 Å². The highest BCUT2D eigenvalue weighted by Crippen LogP contribution is -0.278. The van der Waals surface area contributed by atoms with Crippen molar-refractivity contribution in [3.63, 3.8) is 0 Å². The van der Waals surface area contributed by atoms with Crippen molar-refractivity contribution in [2.24, 2.45) is 0 Å². The average molecular weight is 366 g/mol. The second-order valence-corrected chi connectivity index (χ2v) is 0. The molecule has 0 aliphatic carbocycles. The van der Waals surface area contributed by atoms with Crippen LogP contribution in [0.15, 0.2) is 0 Å². The smallest absolute Gasteiger partial charge is 0.187 e. The van der Waals surface area contributed by atoms with Gasteiger partial charge in [0.25, 0.3) is 0 Å². The van der Waals surface area contributed by atoms with Crippen molar-refractivity contribution in [2.45, 2.75) is 0 Å². The predicted octanol–water partition coefficient (Wildman–Crippen LogP) is -15.8. The molecule has 0 aliphatic rings. The van der Waals surface area contributed by atoms with Gasteiger partial charge in [0.1, 0.15) is 0 Å². The Morgan fingerprint density at radius 2 is 0.118 bits per heavy atom. The monoisotopic (exact) mass is 366 g/mol. The van der Waals surface area contributed by atoms with Gasteiger partial charge in [-0.3, -0.25) is 0 Å². The van der Waals surface area contributed by atoms with Crippen LogP contribution in [0, 0.1) is 0 Å². The summed E-state index contributed by atoms with van der Waals surface area (Å²) in [6.45, 7) is 0. The Bertz CT molecular complexity index is 14.9. The Kier molecular flexibility index (Phi) is 88300. The first-order valence-corrected chi connectivity index (χ1v) is 0. The van der Waals surface area contributed by atoms with Gasteiger partial charge in [-0.05, 0) is 0 Å². The van der Waals surface area contributed by atoms with Crippen molar-refractivity contribution in [3.05, 3.63) is 0 Å².